The predicted molar refractivity (Wildman–Crippen MR) is 124 cm³/mol. The number of benzene rings is 1. The Labute approximate surface area is 193 Å². The van der Waals surface area contributed by atoms with Crippen LogP contribution in [0.4, 0.5) is 16.2 Å². The molecule has 3 aliphatic rings. The second-order valence-electron chi connectivity index (χ2n) is 8.85. The smallest absolute Gasteiger partial charge is 0.322 e. The highest BCUT2D eigenvalue weighted by Crippen LogP contribution is 2.30. The molecule has 3 N–H and O–H groups in total. The molecule has 0 bridgehead atoms. The number of nitrogens with two attached hydrogens (primary N) is 1. The summed E-state index contributed by atoms with van der Waals surface area (Å²) < 4.78 is 0. The van der Waals surface area contributed by atoms with Crippen LogP contribution in [0.25, 0.3) is 0 Å². The van der Waals surface area contributed by atoms with E-state index in [1.165, 1.54) is 11.3 Å². The summed E-state index contributed by atoms with van der Waals surface area (Å²) in [6.45, 7) is 4.35. The molecular formula is C23H32N6O4. The van der Waals surface area contributed by atoms with Gasteiger partial charge in [0.05, 0.1) is 11.4 Å². The van der Waals surface area contributed by atoms with Gasteiger partial charge in [0.1, 0.15) is 0 Å². The first-order valence-electron chi connectivity index (χ1n) is 11.8. The van der Waals surface area contributed by atoms with Gasteiger partial charge in [0.15, 0.2) is 0 Å². The van der Waals surface area contributed by atoms with Crippen LogP contribution in [0.2, 0.25) is 0 Å². The van der Waals surface area contributed by atoms with Gasteiger partial charge >= 0.3 is 17.8 Å². The lowest BCUT2D eigenvalue weighted by molar-refractivity contribution is -0.152. The summed E-state index contributed by atoms with van der Waals surface area (Å²) in [6, 6.07) is 4.84. The predicted octanol–water partition coefficient (Wildman–Crippen LogP) is 1.07. The molecule has 0 unspecified atom stereocenters. The van der Waals surface area contributed by atoms with Crippen LogP contribution in [0.3, 0.4) is 0 Å². The van der Waals surface area contributed by atoms with Gasteiger partial charge in [0, 0.05) is 57.9 Å². The van der Waals surface area contributed by atoms with Crippen LogP contribution in [0.1, 0.15) is 42.5 Å². The van der Waals surface area contributed by atoms with Gasteiger partial charge < -0.3 is 30.7 Å². The Hall–Kier alpha value is -3.30. The summed E-state index contributed by atoms with van der Waals surface area (Å²) in [4.78, 5) is 56.6. The summed E-state index contributed by atoms with van der Waals surface area (Å²) in [5, 5.41) is 2.94. The Balaban J connectivity index is 1.39. The zero-order valence-corrected chi connectivity index (χ0v) is 18.9. The molecule has 178 valence electrons. The van der Waals surface area contributed by atoms with Crippen LogP contribution in [-0.2, 0) is 9.59 Å². The minimum absolute atomic E-state index is 0.298. The van der Waals surface area contributed by atoms with Gasteiger partial charge in [-0.2, -0.15) is 0 Å². The lowest BCUT2D eigenvalue weighted by atomic mass is 10.1. The van der Waals surface area contributed by atoms with Crippen LogP contribution in [-0.4, -0.2) is 90.8 Å². The number of carbonyl (C=O) groups is 4. The van der Waals surface area contributed by atoms with Crippen molar-refractivity contribution in [2.24, 2.45) is 5.73 Å². The Morgan fingerprint density at radius 1 is 0.697 bits per heavy atom. The van der Waals surface area contributed by atoms with Gasteiger partial charge in [0.25, 0.3) is 0 Å². The molecular weight excluding hydrogens is 424 g/mol. The van der Waals surface area contributed by atoms with E-state index in [0.29, 0.717) is 50.5 Å². The molecule has 1 aromatic carbocycles. The molecule has 10 nitrogen and oxygen atoms in total. The largest absolute Gasteiger partial charge is 0.370 e. The minimum Gasteiger partial charge on any atom is -0.370 e. The molecule has 0 aromatic heterocycles. The third kappa shape index (κ3) is 5.20. The van der Waals surface area contributed by atoms with Crippen molar-refractivity contribution in [1.29, 1.82) is 0 Å². The summed E-state index contributed by atoms with van der Waals surface area (Å²) in [7, 11) is 0. The van der Waals surface area contributed by atoms with Gasteiger partial charge in [-0.1, -0.05) is 0 Å². The van der Waals surface area contributed by atoms with Crippen LogP contribution in [0.15, 0.2) is 18.2 Å². The number of piperidine rings is 1. The maximum Gasteiger partial charge on any atom is 0.322 e. The summed E-state index contributed by atoms with van der Waals surface area (Å²) in [5.74, 6) is -1.48. The fourth-order valence-corrected chi connectivity index (χ4v) is 4.70. The number of likely N-dealkylation sites (tertiary alicyclic amines) is 1. The standard InChI is InChI=1S/C23H32N6O4/c24-20(30)17-6-7-19(26-8-2-1-3-9-26)18(16-17)25-23(33)29-14-12-28(13-15-29)22(32)21(31)27-10-4-5-11-27/h6-7,16H,1-5,8-15H2,(H2,24,30)(H,25,33). The van der Waals surface area contributed by atoms with Crippen molar-refractivity contribution in [3.8, 4) is 0 Å². The molecule has 0 radical (unpaired) electrons. The molecule has 33 heavy (non-hydrogen) atoms. The zero-order valence-electron chi connectivity index (χ0n) is 18.9. The van der Waals surface area contributed by atoms with Crippen molar-refractivity contribution in [2.45, 2.75) is 32.1 Å². The third-order valence-corrected chi connectivity index (χ3v) is 6.65. The van der Waals surface area contributed by atoms with Crippen LogP contribution in [0, 0.1) is 0 Å². The first-order valence-corrected chi connectivity index (χ1v) is 11.8. The van der Waals surface area contributed by atoms with Crippen molar-refractivity contribution in [1.82, 2.24) is 14.7 Å². The number of nitrogens with one attached hydrogen (secondary N) is 1. The maximum atomic E-state index is 13.0. The highest BCUT2D eigenvalue weighted by Gasteiger charge is 2.32. The highest BCUT2D eigenvalue weighted by molar-refractivity contribution is 6.35. The lowest BCUT2D eigenvalue weighted by Crippen LogP contribution is -2.54. The van der Waals surface area contributed by atoms with E-state index in [2.05, 4.69) is 10.2 Å². The monoisotopic (exact) mass is 456 g/mol. The number of amides is 5. The van der Waals surface area contributed by atoms with E-state index in [1.54, 1.807) is 21.9 Å². The van der Waals surface area contributed by atoms with E-state index in [-0.39, 0.29) is 6.03 Å². The minimum atomic E-state index is -0.550. The van der Waals surface area contributed by atoms with Gasteiger partial charge in [-0.3, -0.25) is 14.4 Å². The van der Waals surface area contributed by atoms with Crippen LogP contribution in [0.5, 0.6) is 0 Å². The van der Waals surface area contributed by atoms with Crippen LogP contribution < -0.4 is 16.0 Å². The molecule has 3 fully saturated rings. The van der Waals surface area contributed by atoms with Crippen molar-refractivity contribution >= 4 is 35.1 Å². The molecule has 3 saturated heterocycles. The number of urea groups is 1. The average Bonchev–Trinajstić information content (AvgIpc) is 3.39. The third-order valence-electron chi connectivity index (χ3n) is 6.65. The fourth-order valence-electron chi connectivity index (χ4n) is 4.70. The van der Waals surface area contributed by atoms with Crippen molar-refractivity contribution in [2.75, 3.05) is 62.6 Å². The fraction of sp³-hybridized carbons (Fsp3) is 0.565. The quantitative estimate of drug-likeness (QED) is 0.660. The Bertz CT molecular complexity index is 916. The average molecular weight is 457 g/mol. The number of anilines is 2. The highest BCUT2D eigenvalue weighted by atomic mass is 16.2. The zero-order chi connectivity index (χ0) is 23.4. The van der Waals surface area contributed by atoms with Crippen molar-refractivity contribution in [3.05, 3.63) is 23.8 Å². The first-order chi connectivity index (χ1) is 15.9. The number of primary amides is 1. The van der Waals surface area contributed by atoms with E-state index in [4.69, 9.17) is 5.73 Å². The van der Waals surface area contributed by atoms with E-state index in [1.807, 2.05) is 6.07 Å². The maximum absolute atomic E-state index is 13.0. The molecule has 0 saturated carbocycles. The summed E-state index contributed by atoms with van der Waals surface area (Å²) in [5.41, 5.74) is 7.22. The number of piperazine rings is 1. The van der Waals surface area contributed by atoms with Gasteiger partial charge in [-0.15, -0.1) is 0 Å². The van der Waals surface area contributed by atoms with Gasteiger partial charge in [-0.25, -0.2) is 4.79 Å². The number of hydrogen-bond donors (Lipinski definition) is 2. The Morgan fingerprint density at radius 2 is 1.24 bits per heavy atom. The van der Waals surface area contributed by atoms with E-state index < -0.39 is 17.7 Å². The topological polar surface area (TPSA) is 119 Å². The van der Waals surface area contributed by atoms with E-state index >= 15 is 0 Å². The molecule has 10 heteroatoms. The van der Waals surface area contributed by atoms with Crippen molar-refractivity contribution in [3.63, 3.8) is 0 Å². The van der Waals surface area contributed by atoms with E-state index in [9.17, 15) is 19.2 Å². The number of nitrogens with zero attached hydrogens (tertiary/aromatic N) is 4. The second-order valence-corrected chi connectivity index (χ2v) is 8.85. The number of rotatable bonds is 3. The molecule has 4 rings (SSSR count). The van der Waals surface area contributed by atoms with Crippen molar-refractivity contribution < 1.29 is 19.2 Å². The molecule has 0 atom stereocenters. The number of hydrogen-bond acceptors (Lipinski definition) is 5. The Kier molecular flexibility index (Phi) is 7.00. The second kappa shape index (κ2) is 10.1. The Morgan fingerprint density at radius 3 is 1.85 bits per heavy atom. The SMILES string of the molecule is NC(=O)c1ccc(N2CCCCC2)c(NC(=O)N2CCN(C(=O)C(=O)N3CCCC3)CC2)c1. The summed E-state index contributed by atoms with van der Waals surface area (Å²) in [6.07, 6.45) is 5.21. The normalized spacial score (nSPS) is 18.9. The molecule has 0 aliphatic carbocycles. The number of carbonyl (C=O) groups excluding carboxylic acids is 4. The molecule has 1 aromatic rings. The molecule has 5 amide bonds. The molecule has 0 spiro atoms. The first kappa shape index (κ1) is 22.9. The lowest BCUT2D eigenvalue weighted by Gasteiger charge is -2.35. The van der Waals surface area contributed by atoms with Crippen LogP contribution >= 0.6 is 0 Å². The van der Waals surface area contributed by atoms with Gasteiger partial charge in [-0.05, 0) is 50.3 Å². The molecule has 3 aliphatic heterocycles. The molecule has 3 heterocycles. The van der Waals surface area contributed by atoms with Gasteiger partial charge in [0.2, 0.25) is 5.91 Å². The summed E-state index contributed by atoms with van der Waals surface area (Å²) >= 11 is 0. The van der Waals surface area contributed by atoms with E-state index in [0.717, 1.165) is 44.5 Å².